The number of rotatable bonds is 4. The number of hydrogen-bond acceptors (Lipinski definition) is 5. The van der Waals surface area contributed by atoms with E-state index in [0.717, 1.165) is 0 Å². The second kappa shape index (κ2) is 5.17. The van der Waals surface area contributed by atoms with Crippen molar-refractivity contribution in [3.05, 3.63) is 53.9 Å². The number of aromatic nitrogens is 3. The minimum absolute atomic E-state index is 0.0512. The van der Waals surface area contributed by atoms with Crippen LogP contribution in [0.5, 0.6) is 0 Å². The SMILES string of the molecule is O=C(O)c1cccc(-n2nnc(C(=O)O)c2-c2ccco2)c1. The Bertz CT molecular complexity index is 851. The molecule has 0 amide bonds. The van der Waals surface area contributed by atoms with Crippen molar-refractivity contribution in [2.45, 2.75) is 0 Å². The molecule has 3 rings (SSSR count). The van der Waals surface area contributed by atoms with Crippen molar-refractivity contribution in [3.8, 4) is 17.1 Å². The molecule has 0 spiro atoms. The second-order valence-electron chi connectivity index (χ2n) is 4.34. The monoisotopic (exact) mass is 299 g/mol. The van der Waals surface area contributed by atoms with Crippen LogP contribution in [0.25, 0.3) is 17.1 Å². The highest BCUT2D eigenvalue weighted by molar-refractivity contribution is 5.92. The van der Waals surface area contributed by atoms with Gasteiger partial charge in [-0.2, -0.15) is 0 Å². The van der Waals surface area contributed by atoms with E-state index in [1.165, 1.54) is 29.1 Å². The van der Waals surface area contributed by atoms with E-state index >= 15 is 0 Å². The third kappa shape index (κ3) is 2.22. The van der Waals surface area contributed by atoms with Crippen molar-refractivity contribution in [1.82, 2.24) is 15.0 Å². The minimum Gasteiger partial charge on any atom is -0.478 e. The van der Waals surface area contributed by atoms with E-state index in [-0.39, 0.29) is 22.7 Å². The maximum atomic E-state index is 11.3. The van der Waals surface area contributed by atoms with Crippen LogP contribution in [0.4, 0.5) is 0 Å². The quantitative estimate of drug-likeness (QED) is 0.755. The standard InChI is InChI=1S/C14H9N3O5/c18-13(19)8-3-1-4-9(7-8)17-12(10-5-2-6-22-10)11(14(20)21)15-16-17/h1-7H,(H,18,19)(H,20,21). The number of carboxylic acid groups (broad SMARTS) is 2. The van der Waals surface area contributed by atoms with Gasteiger partial charge in [-0.15, -0.1) is 5.10 Å². The zero-order chi connectivity index (χ0) is 15.7. The highest BCUT2D eigenvalue weighted by atomic mass is 16.4. The van der Waals surface area contributed by atoms with Crippen molar-refractivity contribution in [2.24, 2.45) is 0 Å². The molecule has 0 unspecified atom stereocenters. The summed E-state index contributed by atoms with van der Waals surface area (Å²) in [7, 11) is 0. The molecule has 1 aromatic carbocycles. The summed E-state index contributed by atoms with van der Waals surface area (Å²) in [5, 5.41) is 25.7. The molecule has 3 aromatic rings. The van der Waals surface area contributed by atoms with Gasteiger partial charge >= 0.3 is 11.9 Å². The van der Waals surface area contributed by atoms with Gasteiger partial charge in [-0.3, -0.25) is 0 Å². The van der Waals surface area contributed by atoms with Gasteiger partial charge in [0.25, 0.3) is 0 Å². The summed E-state index contributed by atoms with van der Waals surface area (Å²) in [6.07, 6.45) is 1.39. The van der Waals surface area contributed by atoms with Crippen molar-refractivity contribution in [3.63, 3.8) is 0 Å². The Hall–Kier alpha value is -3.42. The molecule has 0 saturated carbocycles. The average Bonchev–Trinajstić information content (AvgIpc) is 3.16. The molecule has 0 atom stereocenters. The Morgan fingerprint density at radius 1 is 1.09 bits per heavy atom. The van der Waals surface area contributed by atoms with Crippen LogP contribution >= 0.6 is 0 Å². The van der Waals surface area contributed by atoms with Crippen LogP contribution in [0, 0.1) is 0 Å². The van der Waals surface area contributed by atoms with E-state index in [2.05, 4.69) is 10.3 Å². The summed E-state index contributed by atoms with van der Waals surface area (Å²) in [6, 6.07) is 9.10. The lowest BCUT2D eigenvalue weighted by atomic mass is 10.2. The first kappa shape index (κ1) is 13.6. The third-order valence-electron chi connectivity index (χ3n) is 2.97. The highest BCUT2D eigenvalue weighted by Gasteiger charge is 2.23. The predicted octanol–water partition coefficient (Wildman–Crippen LogP) is 1.92. The summed E-state index contributed by atoms with van der Waals surface area (Å²) in [6.45, 7) is 0. The van der Waals surface area contributed by atoms with Gasteiger partial charge in [-0.25, -0.2) is 14.3 Å². The van der Waals surface area contributed by atoms with Crippen LogP contribution in [-0.4, -0.2) is 37.1 Å². The predicted molar refractivity (Wildman–Crippen MR) is 73.0 cm³/mol. The van der Waals surface area contributed by atoms with Crippen LogP contribution in [0.2, 0.25) is 0 Å². The zero-order valence-corrected chi connectivity index (χ0v) is 11.0. The molecule has 0 aliphatic rings. The molecule has 0 radical (unpaired) electrons. The Morgan fingerprint density at radius 2 is 1.91 bits per heavy atom. The normalized spacial score (nSPS) is 10.5. The Balaban J connectivity index is 2.22. The van der Waals surface area contributed by atoms with E-state index < -0.39 is 11.9 Å². The second-order valence-corrected chi connectivity index (χ2v) is 4.34. The first-order valence-electron chi connectivity index (χ1n) is 6.14. The summed E-state index contributed by atoms with van der Waals surface area (Å²) in [4.78, 5) is 22.3. The Morgan fingerprint density at radius 3 is 2.55 bits per heavy atom. The smallest absolute Gasteiger partial charge is 0.358 e. The van der Waals surface area contributed by atoms with Crippen molar-refractivity contribution in [2.75, 3.05) is 0 Å². The minimum atomic E-state index is -1.26. The molecular weight excluding hydrogens is 290 g/mol. The Labute approximate surface area is 123 Å². The van der Waals surface area contributed by atoms with Crippen molar-refractivity contribution >= 4 is 11.9 Å². The van der Waals surface area contributed by atoms with Crippen LogP contribution in [-0.2, 0) is 0 Å². The van der Waals surface area contributed by atoms with Gasteiger partial charge in [0.1, 0.15) is 5.69 Å². The molecule has 0 saturated heterocycles. The number of carboxylic acids is 2. The summed E-state index contributed by atoms with van der Waals surface area (Å²) >= 11 is 0. The molecule has 8 nitrogen and oxygen atoms in total. The number of benzene rings is 1. The van der Waals surface area contributed by atoms with E-state index in [9.17, 15) is 14.7 Å². The molecule has 0 aliphatic heterocycles. The van der Waals surface area contributed by atoms with Crippen LogP contribution < -0.4 is 0 Å². The lowest BCUT2D eigenvalue weighted by Crippen LogP contribution is -2.04. The molecule has 0 bridgehead atoms. The first-order chi connectivity index (χ1) is 10.6. The van der Waals surface area contributed by atoms with E-state index in [0.29, 0.717) is 5.69 Å². The topological polar surface area (TPSA) is 118 Å². The third-order valence-corrected chi connectivity index (χ3v) is 2.97. The van der Waals surface area contributed by atoms with Gasteiger partial charge in [0, 0.05) is 0 Å². The Kier molecular flexibility index (Phi) is 3.18. The molecule has 110 valence electrons. The van der Waals surface area contributed by atoms with E-state index in [4.69, 9.17) is 9.52 Å². The number of carbonyl (C=O) groups is 2. The van der Waals surface area contributed by atoms with Crippen molar-refractivity contribution < 1.29 is 24.2 Å². The maximum absolute atomic E-state index is 11.3. The van der Waals surface area contributed by atoms with Gasteiger partial charge in [0.2, 0.25) is 5.69 Å². The van der Waals surface area contributed by atoms with E-state index in [1.807, 2.05) is 0 Å². The fourth-order valence-electron chi connectivity index (χ4n) is 2.01. The molecule has 8 heteroatoms. The molecule has 2 heterocycles. The highest BCUT2D eigenvalue weighted by Crippen LogP contribution is 2.26. The maximum Gasteiger partial charge on any atom is 0.358 e. The largest absolute Gasteiger partial charge is 0.478 e. The average molecular weight is 299 g/mol. The van der Waals surface area contributed by atoms with Gasteiger partial charge in [0.15, 0.2) is 5.76 Å². The molecule has 2 aromatic heterocycles. The van der Waals surface area contributed by atoms with Crippen LogP contribution in [0.15, 0.2) is 47.1 Å². The summed E-state index contributed by atoms with van der Waals surface area (Å²) in [5.74, 6) is -2.09. The van der Waals surface area contributed by atoms with E-state index in [1.54, 1.807) is 18.2 Å². The van der Waals surface area contributed by atoms with Crippen LogP contribution in [0.1, 0.15) is 20.8 Å². The first-order valence-corrected chi connectivity index (χ1v) is 6.14. The fraction of sp³-hybridized carbons (Fsp3) is 0. The van der Waals surface area contributed by atoms with Crippen molar-refractivity contribution in [1.29, 1.82) is 0 Å². The lowest BCUT2D eigenvalue weighted by molar-refractivity contribution is 0.0682. The fourth-order valence-corrected chi connectivity index (χ4v) is 2.01. The number of hydrogen-bond donors (Lipinski definition) is 2. The lowest BCUT2D eigenvalue weighted by Gasteiger charge is -2.05. The molecular formula is C14H9N3O5. The van der Waals surface area contributed by atoms with Gasteiger partial charge < -0.3 is 14.6 Å². The summed E-state index contributed by atoms with van der Waals surface area (Å²) < 4.78 is 6.46. The zero-order valence-electron chi connectivity index (χ0n) is 11.0. The number of furan rings is 1. The van der Waals surface area contributed by atoms with Gasteiger partial charge in [-0.05, 0) is 30.3 Å². The van der Waals surface area contributed by atoms with Crippen LogP contribution in [0.3, 0.4) is 0 Å². The molecule has 0 fully saturated rings. The molecule has 2 N–H and O–H groups in total. The number of aromatic carboxylic acids is 2. The summed E-state index contributed by atoms with van der Waals surface area (Å²) in [5.41, 5.74) is 0.275. The number of nitrogens with zero attached hydrogens (tertiary/aromatic N) is 3. The van der Waals surface area contributed by atoms with Gasteiger partial charge in [0.05, 0.1) is 17.5 Å². The molecule has 0 aliphatic carbocycles. The molecule has 22 heavy (non-hydrogen) atoms. The van der Waals surface area contributed by atoms with Gasteiger partial charge in [-0.1, -0.05) is 11.3 Å².